The highest BCUT2D eigenvalue weighted by Gasteiger charge is 2.34. The average Bonchev–Trinajstić information content (AvgIpc) is 2.91. The van der Waals surface area contributed by atoms with Gasteiger partial charge in [-0.25, -0.2) is 13.2 Å². The van der Waals surface area contributed by atoms with Crippen LogP contribution in [0.4, 0.5) is 0 Å². The van der Waals surface area contributed by atoms with Crippen molar-refractivity contribution in [2.24, 2.45) is 0 Å². The van der Waals surface area contributed by atoms with Crippen molar-refractivity contribution in [1.82, 2.24) is 4.90 Å². The second-order valence-corrected chi connectivity index (χ2v) is 8.55. The Balaban J connectivity index is 2.01. The van der Waals surface area contributed by atoms with Gasteiger partial charge in [0, 0.05) is 17.6 Å². The van der Waals surface area contributed by atoms with Gasteiger partial charge in [0.25, 0.3) is 5.91 Å². The molecule has 0 aliphatic carbocycles. The van der Waals surface area contributed by atoms with Crippen LogP contribution in [0.15, 0.2) is 18.2 Å². The molecule has 0 spiro atoms. The molecule has 0 aromatic heterocycles. The maximum atomic E-state index is 12.4. The molecular weight excluding hydrogens is 370 g/mol. The molecule has 0 unspecified atom stereocenters. The van der Waals surface area contributed by atoms with Crippen LogP contribution in [0.5, 0.6) is 5.75 Å². The number of rotatable bonds is 6. The molecule has 1 aliphatic heterocycles. The van der Waals surface area contributed by atoms with E-state index in [1.807, 2.05) is 6.92 Å². The van der Waals surface area contributed by atoms with Crippen molar-refractivity contribution in [1.29, 1.82) is 0 Å². The standard InChI is InChI=1S/C16H20ClNO6S/c1-2-6-18(12-5-7-25(22,23)10-12)15(20)9-24-16(21)13-8-11(17)3-4-14(13)19/h3-4,8,12,19H,2,5-7,9-10H2,1H3/t12-/m1/s1. The van der Waals surface area contributed by atoms with Gasteiger partial charge in [-0.15, -0.1) is 0 Å². The van der Waals surface area contributed by atoms with Crippen LogP contribution in [0.25, 0.3) is 0 Å². The molecule has 1 amide bonds. The molecule has 1 N–H and O–H groups in total. The van der Waals surface area contributed by atoms with Gasteiger partial charge in [-0.05, 0) is 31.0 Å². The fourth-order valence-electron chi connectivity index (χ4n) is 2.73. The Bertz CT molecular complexity index is 764. The predicted molar refractivity (Wildman–Crippen MR) is 92.5 cm³/mol. The zero-order chi connectivity index (χ0) is 18.6. The molecule has 138 valence electrons. The third kappa shape index (κ3) is 5.09. The van der Waals surface area contributed by atoms with Gasteiger partial charge in [0.2, 0.25) is 0 Å². The van der Waals surface area contributed by atoms with E-state index >= 15 is 0 Å². The minimum absolute atomic E-state index is 0.0569. The normalized spacial score (nSPS) is 18.7. The second kappa shape index (κ2) is 8.05. The number of esters is 1. The molecule has 1 aliphatic rings. The predicted octanol–water partition coefficient (Wildman–Crippen LogP) is 1.63. The first-order valence-corrected chi connectivity index (χ1v) is 10.1. The highest BCUT2D eigenvalue weighted by Crippen LogP contribution is 2.22. The fourth-order valence-corrected chi connectivity index (χ4v) is 4.64. The van der Waals surface area contributed by atoms with Gasteiger partial charge in [0.15, 0.2) is 16.4 Å². The van der Waals surface area contributed by atoms with Crippen LogP contribution in [-0.4, -0.2) is 61.0 Å². The number of phenols is 1. The molecule has 2 rings (SSSR count). The van der Waals surface area contributed by atoms with Crippen LogP contribution in [0.3, 0.4) is 0 Å². The molecule has 1 aromatic carbocycles. The van der Waals surface area contributed by atoms with Crippen LogP contribution in [0.1, 0.15) is 30.1 Å². The van der Waals surface area contributed by atoms with Crippen molar-refractivity contribution in [3.8, 4) is 5.75 Å². The smallest absolute Gasteiger partial charge is 0.342 e. The van der Waals surface area contributed by atoms with E-state index in [-0.39, 0.29) is 27.8 Å². The van der Waals surface area contributed by atoms with E-state index in [2.05, 4.69) is 0 Å². The van der Waals surface area contributed by atoms with Gasteiger partial charge in [0.1, 0.15) is 11.3 Å². The van der Waals surface area contributed by atoms with Crippen molar-refractivity contribution < 1.29 is 27.9 Å². The lowest BCUT2D eigenvalue weighted by Crippen LogP contribution is -2.43. The molecule has 0 bridgehead atoms. The number of sulfone groups is 1. The van der Waals surface area contributed by atoms with Crippen molar-refractivity contribution in [2.45, 2.75) is 25.8 Å². The summed E-state index contributed by atoms with van der Waals surface area (Å²) in [7, 11) is -3.13. The summed E-state index contributed by atoms with van der Waals surface area (Å²) in [5.74, 6) is -1.64. The van der Waals surface area contributed by atoms with E-state index in [1.54, 1.807) is 0 Å². The van der Waals surface area contributed by atoms with E-state index in [0.29, 0.717) is 19.4 Å². The van der Waals surface area contributed by atoms with E-state index < -0.39 is 34.4 Å². The SMILES string of the molecule is CCCN(C(=O)COC(=O)c1cc(Cl)ccc1O)[C@@H]1CCS(=O)(=O)C1. The number of phenolic OH excluding ortho intramolecular Hbond substituents is 1. The minimum atomic E-state index is -3.13. The molecule has 25 heavy (non-hydrogen) atoms. The van der Waals surface area contributed by atoms with Crippen LogP contribution < -0.4 is 0 Å². The van der Waals surface area contributed by atoms with Gasteiger partial charge >= 0.3 is 5.97 Å². The number of halogens is 1. The van der Waals surface area contributed by atoms with Gasteiger partial charge < -0.3 is 14.7 Å². The molecule has 1 fully saturated rings. The molecule has 9 heteroatoms. The summed E-state index contributed by atoms with van der Waals surface area (Å²) in [6.45, 7) is 1.74. The molecule has 1 saturated heterocycles. The number of carbonyl (C=O) groups is 2. The number of benzene rings is 1. The lowest BCUT2D eigenvalue weighted by molar-refractivity contribution is -0.136. The number of hydrogen-bond donors (Lipinski definition) is 1. The number of hydrogen-bond acceptors (Lipinski definition) is 6. The molecule has 7 nitrogen and oxygen atoms in total. The first-order valence-electron chi connectivity index (χ1n) is 7.89. The highest BCUT2D eigenvalue weighted by atomic mass is 35.5. The molecular formula is C16H20ClNO6S. The fraction of sp³-hybridized carbons (Fsp3) is 0.500. The summed E-state index contributed by atoms with van der Waals surface area (Å²) < 4.78 is 28.2. The van der Waals surface area contributed by atoms with Gasteiger partial charge in [-0.1, -0.05) is 18.5 Å². The van der Waals surface area contributed by atoms with Crippen LogP contribution in [0, 0.1) is 0 Å². The Morgan fingerprint density at radius 2 is 2.12 bits per heavy atom. The Hall–Kier alpha value is -1.80. The highest BCUT2D eigenvalue weighted by molar-refractivity contribution is 7.91. The number of nitrogens with zero attached hydrogens (tertiary/aromatic N) is 1. The first kappa shape index (κ1) is 19.5. The zero-order valence-electron chi connectivity index (χ0n) is 13.8. The Labute approximate surface area is 151 Å². The van der Waals surface area contributed by atoms with E-state index in [0.717, 1.165) is 0 Å². The summed E-state index contributed by atoms with van der Waals surface area (Å²) >= 11 is 5.78. The monoisotopic (exact) mass is 389 g/mol. The Kier molecular flexibility index (Phi) is 6.29. The summed E-state index contributed by atoms with van der Waals surface area (Å²) in [5, 5.41) is 9.92. The van der Waals surface area contributed by atoms with E-state index in [4.69, 9.17) is 16.3 Å². The molecule has 1 aromatic rings. The lowest BCUT2D eigenvalue weighted by atomic mass is 10.2. The minimum Gasteiger partial charge on any atom is -0.507 e. The molecule has 0 saturated carbocycles. The largest absolute Gasteiger partial charge is 0.507 e. The van der Waals surface area contributed by atoms with Gasteiger partial charge in [0.05, 0.1) is 11.5 Å². The number of amides is 1. The van der Waals surface area contributed by atoms with E-state index in [1.165, 1.54) is 23.1 Å². The van der Waals surface area contributed by atoms with Gasteiger partial charge in [-0.2, -0.15) is 0 Å². The maximum Gasteiger partial charge on any atom is 0.342 e. The number of aromatic hydroxyl groups is 1. The van der Waals surface area contributed by atoms with Crippen molar-refractivity contribution in [2.75, 3.05) is 24.7 Å². The average molecular weight is 390 g/mol. The first-order chi connectivity index (χ1) is 11.7. The topological polar surface area (TPSA) is 101 Å². The summed E-state index contributed by atoms with van der Waals surface area (Å²) in [6.07, 6.45) is 1.04. The zero-order valence-corrected chi connectivity index (χ0v) is 15.3. The van der Waals surface area contributed by atoms with Crippen molar-refractivity contribution >= 4 is 33.3 Å². The quantitative estimate of drug-likeness (QED) is 0.742. The van der Waals surface area contributed by atoms with Crippen LogP contribution in [0.2, 0.25) is 5.02 Å². The third-order valence-electron chi connectivity index (χ3n) is 3.94. The molecule has 1 atom stereocenters. The summed E-state index contributed by atoms with van der Waals surface area (Å²) in [4.78, 5) is 25.9. The Morgan fingerprint density at radius 1 is 1.40 bits per heavy atom. The van der Waals surface area contributed by atoms with Crippen molar-refractivity contribution in [3.05, 3.63) is 28.8 Å². The van der Waals surface area contributed by atoms with Crippen LogP contribution in [-0.2, 0) is 19.4 Å². The maximum absolute atomic E-state index is 12.4. The molecule has 0 radical (unpaired) electrons. The summed E-state index contributed by atoms with van der Waals surface area (Å²) in [6, 6.07) is 3.53. The van der Waals surface area contributed by atoms with Gasteiger partial charge in [-0.3, -0.25) is 4.79 Å². The third-order valence-corrected chi connectivity index (χ3v) is 5.92. The number of carbonyl (C=O) groups excluding carboxylic acids is 2. The number of ether oxygens (including phenoxy) is 1. The molecule has 1 heterocycles. The summed E-state index contributed by atoms with van der Waals surface area (Å²) in [5.41, 5.74) is -0.134. The lowest BCUT2D eigenvalue weighted by Gasteiger charge is -2.27. The van der Waals surface area contributed by atoms with Crippen LogP contribution >= 0.6 is 11.6 Å². The second-order valence-electron chi connectivity index (χ2n) is 5.88. The Morgan fingerprint density at radius 3 is 2.72 bits per heavy atom. The van der Waals surface area contributed by atoms with E-state index in [9.17, 15) is 23.1 Å². The van der Waals surface area contributed by atoms with Crippen molar-refractivity contribution in [3.63, 3.8) is 0 Å².